The second-order valence-electron chi connectivity index (χ2n) is 18.3. The Morgan fingerprint density at radius 2 is 1.82 bits per heavy atom. The van der Waals surface area contributed by atoms with E-state index in [4.69, 9.17) is 19.4 Å². The smallest absolute Gasteiger partial charge is 0.255 e. The number of hydrogen-bond acceptors (Lipinski definition) is 11. The van der Waals surface area contributed by atoms with Crippen molar-refractivity contribution in [1.82, 2.24) is 35.0 Å². The number of aromatic nitrogens is 3. The van der Waals surface area contributed by atoms with Crippen molar-refractivity contribution in [3.8, 4) is 5.75 Å². The predicted octanol–water partition coefficient (Wildman–Crippen LogP) is 4.28. The van der Waals surface area contributed by atoms with Crippen molar-refractivity contribution in [3.05, 3.63) is 76.7 Å². The maximum Gasteiger partial charge on any atom is 0.255 e. The van der Waals surface area contributed by atoms with Crippen LogP contribution in [0.3, 0.4) is 0 Å². The van der Waals surface area contributed by atoms with E-state index < -0.39 is 18.4 Å². The summed E-state index contributed by atoms with van der Waals surface area (Å²) in [6, 6.07) is 11.1. The molecule has 0 radical (unpaired) electrons. The zero-order valence-corrected chi connectivity index (χ0v) is 34.3. The second-order valence-corrected chi connectivity index (χ2v) is 18.3. The van der Waals surface area contributed by atoms with Gasteiger partial charge in [-0.1, -0.05) is 18.2 Å². The number of piperazine rings is 1. The molecule has 1 spiro atoms. The number of alkyl halides is 2. The van der Waals surface area contributed by atoms with Gasteiger partial charge in [-0.3, -0.25) is 29.5 Å². The van der Waals surface area contributed by atoms with Crippen molar-refractivity contribution >= 4 is 40.3 Å². The van der Waals surface area contributed by atoms with Crippen LogP contribution in [0.5, 0.6) is 5.75 Å². The number of carbonyl (C=O) groups is 3. The van der Waals surface area contributed by atoms with E-state index in [1.54, 1.807) is 4.90 Å². The van der Waals surface area contributed by atoms with Crippen molar-refractivity contribution in [1.29, 1.82) is 0 Å². The third-order valence-corrected chi connectivity index (χ3v) is 14.5. The van der Waals surface area contributed by atoms with Crippen molar-refractivity contribution < 1.29 is 32.6 Å². The lowest BCUT2D eigenvalue weighted by Crippen LogP contribution is -2.58. The highest BCUT2D eigenvalue weighted by Crippen LogP contribution is 2.44. The molecule has 16 heteroatoms. The van der Waals surface area contributed by atoms with E-state index in [0.29, 0.717) is 49.2 Å². The van der Waals surface area contributed by atoms with Crippen LogP contribution in [-0.2, 0) is 27.3 Å². The number of nitrogens with one attached hydrogen (secondary N) is 2. The Balaban J connectivity index is 0.702. The molecule has 0 aliphatic carbocycles. The van der Waals surface area contributed by atoms with Crippen molar-refractivity contribution in [2.24, 2.45) is 5.92 Å². The summed E-state index contributed by atoms with van der Waals surface area (Å²) in [4.78, 5) is 61.6. The number of carbonyl (C=O) groups excluding carboxylic acids is 3. The average molecular weight is 836 g/mol. The quantitative estimate of drug-likeness (QED) is 0.258. The molecule has 2 N–H and O–H groups in total. The third kappa shape index (κ3) is 6.81. The first-order valence-electron chi connectivity index (χ1n) is 21.9. The zero-order valence-electron chi connectivity index (χ0n) is 34.3. The maximum absolute atomic E-state index is 13.9. The second kappa shape index (κ2) is 15.0. The van der Waals surface area contributed by atoms with Gasteiger partial charge in [0.25, 0.3) is 12.3 Å². The Kier molecular flexibility index (Phi) is 9.53. The summed E-state index contributed by atoms with van der Waals surface area (Å²) in [6.07, 6.45) is 5.26. The van der Waals surface area contributed by atoms with Crippen LogP contribution in [0.1, 0.15) is 77.8 Å². The highest BCUT2D eigenvalue weighted by molar-refractivity contribution is 6.06. The number of imide groups is 1. The number of anilines is 2. The van der Waals surface area contributed by atoms with Crippen molar-refractivity contribution in [2.75, 3.05) is 68.8 Å². The van der Waals surface area contributed by atoms with E-state index >= 15 is 0 Å². The number of fused-ring (bicyclic) bond motifs is 7. The average Bonchev–Trinajstić information content (AvgIpc) is 3.93. The number of para-hydroxylation sites is 1. The molecule has 2 aromatic heterocycles. The fourth-order valence-corrected chi connectivity index (χ4v) is 11.5. The van der Waals surface area contributed by atoms with Gasteiger partial charge in [0.1, 0.15) is 18.4 Å². The molecule has 11 rings (SSSR count). The summed E-state index contributed by atoms with van der Waals surface area (Å²) in [5.41, 5.74) is 6.26. The Morgan fingerprint density at radius 3 is 2.62 bits per heavy atom. The number of benzene rings is 2. The van der Waals surface area contributed by atoms with E-state index in [1.165, 1.54) is 5.56 Å². The van der Waals surface area contributed by atoms with Crippen LogP contribution in [0, 0.1) is 5.92 Å². The molecule has 61 heavy (non-hydrogen) atoms. The van der Waals surface area contributed by atoms with Crippen LogP contribution in [0.15, 0.2) is 48.8 Å². The Morgan fingerprint density at radius 1 is 1.00 bits per heavy atom. The van der Waals surface area contributed by atoms with E-state index in [1.807, 2.05) is 48.5 Å². The molecule has 7 aliphatic rings. The number of amides is 3. The van der Waals surface area contributed by atoms with E-state index in [-0.39, 0.29) is 48.5 Å². The topological polar surface area (TPSA) is 139 Å². The van der Waals surface area contributed by atoms with Crippen LogP contribution >= 0.6 is 0 Å². The minimum atomic E-state index is -2.45. The Labute approximate surface area is 352 Å². The predicted molar refractivity (Wildman–Crippen MR) is 222 cm³/mol. The molecule has 4 fully saturated rings. The lowest BCUT2D eigenvalue weighted by molar-refractivity contribution is -0.136. The molecule has 14 nitrogen and oxygen atoms in total. The number of halogens is 2. The number of rotatable bonds is 7. The largest absolute Gasteiger partial charge is 0.489 e. The van der Waals surface area contributed by atoms with Gasteiger partial charge in [0.05, 0.1) is 36.5 Å². The van der Waals surface area contributed by atoms with E-state index in [9.17, 15) is 23.2 Å². The molecule has 0 saturated carbocycles. The minimum absolute atomic E-state index is 0.0690. The van der Waals surface area contributed by atoms with Gasteiger partial charge in [0.15, 0.2) is 0 Å². The molecule has 320 valence electrons. The standard InChI is InChI=1S/C45H51F2N9O5/c1-26-14-33-31-4-2-3-5-34(31)50-40(33)41(55(26)23-38(46)47)29-18-48-44(49-19-29)53-10-8-45(9-11-53)17-27(24-61-45)20-52-12-13-54-30(22-52)25-60-37-16-32-28(15-36(37)54)21-56(43(32)59)35-6-7-39(57)51-42(35)58/h2-5,15-16,18-19,26-27,30,35,38,41,50H,6-14,17,20-25H2,1H3,(H,51,57,58)/t26-,27-,30-,35+,41-/m1/s1. The summed E-state index contributed by atoms with van der Waals surface area (Å²) >= 11 is 0. The van der Waals surface area contributed by atoms with E-state index in [0.717, 1.165) is 98.5 Å². The van der Waals surface area contributed by atoms with Crippen LogP contribution < -0.4 is 19.9 Å². The molecule has 5 atom stereocenters. The molecule has 9 heterocycles. The normalized spacial score (nSPS) is 27.6. The number of piperidine rings is 2. The summed E-state index contributed by atoms with van der Waals surface area (Å²) < 4.78 is 40.8. The van der Waals surface area contributed by atoms with Crippen molar-refractivity contribution in [2.45, 2.75) is 88.2 Å². The van der Waals surface area contributed by atoms with Gasteiger partial charge in [0.2, 0.25) is 17.8 Å². The summed E-state index contributed by atoms with van der Waals surface area (Å²) in [5.74, 6) is 0.907. The first kappa shape index (κ1) is 38.7. The van der Waals surface area contributed by atoms with Crippen LogP contribution in [0.4, 0.5) is 20.4 Å². The van der Waals surface area contributed by atoms with Crippen molar-refractivity contribution in [3.63, 3.8) is 0 Å². The molecule has 3 amide bonds. The Hall–Kier alpha value is -5.19. The van der Waals surface area contributed by atoms with Gasteiger partial charge in [-0.05, 0) is 74.3 Å². The SMILES string of the molecule is C[C@@H]1Cc2c([nH]c3ccccc23)[C@@H](c2cnc(N3CCC4(CC3)C[C@H](CN3CCN5c6cc7c(cc6OC[C@H]5C3)C(=O)N([C@H]3CCC(=O)NC3=O)C7)CO4)nc2)N1CC(F)F. The fraction of sp³-hybridized carbons (Fsp3) is 0.533. The molecule has 4 saturated heterocycles. The van der Waals surface area contributed by atoms with Gasteiger partial charge >= 0.3 is 0 Å². The Bertz CT molecular complexity index is 2390. The molecule has 2 aromatic carbocycles. The highest BCUT2D eigenvalue weighted by atomic mass is 19.3. The third-order valence-electron chi connectivity index (χ3n) is 14.5. The van der Waals surface area contributed by atoms with Crippen LogP contribution in [-0.4, -0.2) is 137 Å². The van der Waals surface area contributed by atoms with Crippen LogP contribution in [0.25, 0.3) is 10.9 Å². The van der Waals surface area contributed by atoms with Gasteiger partial charge in [0, 0.05) is 98.4 Å². The summed E-state index contributed by atoms with van der Waals surface area (Å²) in [7, 11) is 0. The van der Waals surface area contributed by atoms with Gasteiger partial charge < -0.3 is 29.2 Å². The lowest BCUT2D eigenvalue weighted by atomic mass is 9.85. The van der Waals surface area contributed by atoms with Crippen LogP contribution in [0.2, 0.25) is 0 Å². The van der Waals surface area contributed by atoms with Gasteiger partial charge in [-0.15, -0.1) is 0 Å². The molecule has 4 aromatic rings. The minimum Gasteiger partial charge on any atom is -0.489 e. The zero-order chi connectivity index (χ0) is 41.6. The molecule has 7 aliphatic heterocycles. The van der Waals surface area contributed by atoms with Gasteiger partial charge in [-0.2, -0.15) is 0 Å². The van der Waals surface area contributed by atoms with E-state index in [2.05, 4.69) is 37.1 Å². The number of H-pyrrole nitrogens is 1. The number of aromatic amines is 1. The number of hydrogen-bond donors (Lipinski definition) is 2. The first-order chi connectivity index (χ1) is 29.6. The lowest BCUT2D eigenvalue weighted by Gasteiger charge is -2.46. The summed E-state index contributed by atoms with van der Waals surface area (Å²) in [6.45, 7) is 8.51. The maximum atomic E-state index is 13.9. The molecule has 0 bridgehead atoms. The number of nitrogens with zero attached hydrogens (tertiary/aromatic N) is 7. The molecular formula is C45H51F2N9O5. The monoisotopic (exact) mass is 835 g/mol. The number of ether oxygens (including phenoxy) is 2. The first-order valence-corrected chi connectivity index (χ1v) is 21.9. The highest BCUT2D eigenvalue weighted by Gasteiger charge is 2.46. The summed E-state index contributed by atoms with van der Waals surface area (Å²) in [5, 5.41) is 3.52. The fourth-order valence-electron chi connectivity index (χ4n) is 11.5. The van der Waals surface area contributed by atoms with Gasteiger partial charge in [-0.25, -0.2) is 18.7 Å². The molecular weight excluding hydrogens is 785 g/mol. The molecule has 0 unspecified atom stereocenters.